The number of amides is 1. The van der Waals surface area contributed by atoms with E-state index in [-0.39, 0.29) is 12.0 Å². The van der Waals surface area contributed by atoms with Crippen molar-refractivity contribution in [3.8, 4) is 34.5 Å². The van der Waals surface area contributed by atoms with E-state index in [1.807, 2.05) is 36.4 Å². The fourth-order valence-electron chi connectivity index (χ4n) is 3.45. The Labute approximate surface area is 183 Å². The molecule has 1 amide bonds. The van der Waals surface area contributed by atoms with Crippen molar-refractivity contribution < 1.29 is 18.8 Å². The molecule has 1 aliphatic heterocycles. The Bertz CT molecular complexity index is 1240. The average molecular weight is 429 g/mol. The van der Waals surface area contributed by atoms with E-state index in [9.17, 15) is 4.79 Å². The Balaban J connectivity index is 1.28. The van der Waals surface area contributed by atoms with Crippen LogP contribution >= 0.6 is 0 Å². The second-order valence-electron chi connectivity index (χ2n) is 7.16. The molecule has 9 heteroatoms. The van der Waals surface area contributed by atoms with E-state index in [1.54, 1.807) is 42.7 Å². The second kappa shape index (κ2) is 8.46. The largest absolute Gasteiger partial charge is 0.496 e. The zero-order valence-electron chi connectivity index (χ0n) is 17.2. The SMILES string of the molecule is COc1ccccc1C(=O)N1CC(Oc2ccccc2-c2nc(-c3cnccn3)no2)C1. The molecule has 2 aromatic heterocycles. The van der Waals surface area contributed by atoms with Crippen molar-refractivity contribution in [3.63, 3.8) is 0 Å². The standard InChI is InChI=1S/C23H19N5O4/c1-30-19-8-4-3-7-17(19)23(29)28-13-15(14-28)31-20-9-5-2-6-16(20)22-26-21(27-32-22)18-12-24-10-11-25-18/h2-12,15H,13-14H2,1H3. The molecule has 0 aliphatic carbocycles. The lowest BCUT2D eigenvalue weighted by molar-refractivity contribution is 0.0177. The van der Waals surface area contributed by atoms with E-state index in [0.29, 0.717) is 53.1 Å². The first-order valence-electron chi connectivity index (χ1n) is 10.0. The lowest BCUT2D eigenvalue weighted by Gasteiger charge is -2.39. The number of hydrogen-bond donors (Lipinski definition) is 0. The number of nitrogens with zero attached hydrogens (tertiary/aromatic N) is 5. The van der Waals surface area contributed by atoms with Gasteiger partial charge in [-0.1, -0.05) is 29.4 Å². The van der Waals surface area contributed by atoms with E-state index in [0.717, 1.165) is 0 Å². The van der Waals surface area contributed by atoms with Gasteiger partial charge in [0.25, 0.3) is 11.8 Å². The van der Waals surface area contributed by atoms with Crippen LogP contribution in [0.3, 0.4) is 0 Å². The number of aromatic nitrogens is 4. The third-order valence-electron chi connectivity index (χ3n) is 5.10. The van der Waals surface area contributed by atoms with Gasteiger partial charge in [-0.2, -0.15) is 4.98 Å². The van der Waals surface area contributed by atoms with E-state index in [1.165, 1.54) is 0 Å². The monoisotopic (exact) mass is 429 g/mol. The molecule has 9 nitrogen and oxygen atoms in total. The number of benzene rings is 2. The predicted molar refractivity (Wildman–Crippen MR) is 114 cm³/mol. The number of para-hydroxylation sites is 2. The van der Waals surface area contributed by atoms with Crippen LogP contribution in [0.1, 0.15) is 10.4 Å². The fourth-order valence-corrected chi connectivity index (χ4v) is 3.45. The van der Waals surface area contributed by atoms with Gasteiger partial charge >= 0.3 is 0 Å². The van der Waals surface area contributed by atoms with E-state index < -0.39 is 0 Å². The summed E-state index contributed by atoms with van der Waals surface area (Å²) < 4.78 is 16.9. The fraction of sp³-hybridized carbons (Fsp3) is 0.174. The Kier molecular flexibility index (Phi) is 5.20. The first kappa shape index (κ1) is 19.7. The van der Waals surface area contributed by atoms with Gasteiger partial charge in [0.15, 0.2) is 0 Å². The number of carbonyl (C=O) groups excluding carboxylic acids is 1. The average Bonchev–Trinajstić information content (AvgIpc) is 3.32. The van der Waals surface area contributed by atoms with Crippen LogP contribution < -0.4 is 9.47 Å². The molecule has 4 aromatic rings. The van der Waals surface area contributed by atoms with Gasteiger partial charge in [0.2, 0.25) is 5.82 Å². The highest BCUT2D eigenvalue weighted by Crippen LogP contribution is 2.32. The molecule has 5 rings (SSSR count). The molecule has 0 spiro atoms. The van der Waals surface area contributed by atoms with Gasteiger partial charge < -0.3 is 18.9 Å². The third-order valence-corrected chi connectivity index (χ3v) is 5.10. The molecule has 3 heterocycles. The van der Waals surface area contributed by atoms with Crippen LogP contribution in [-0.2, 0) is 0 Å². The van der Waals surface area contributed by atoms with Crippen LogP contribution in [0.25, 0.3) is 23.0 Å². The first-order valence-corrected chi connectivity index (χ1v) is 10.0. The van der Waals surface area contributed by atoms with Crippen molar-refractivity contribution in [2.75, 3.05) is 20.2 Å². The Hall–Kier alpha value is -4.27. The molecule has 0 unspecified atom stereocenters. The highest BCUT2D eigenvalue weighted by molar-refractivity contribution is 5.97. The summed E-state index contributed by atoms with van der Waals surface area (Å²) in [5.74, 6) is 1.75. The van der Waals surface area contributed by atoms with Gasteiger partial charge in [0.05, 0.1) is 37.5 Å². The second-order valence-corrected chi connectivity index (χ2v) is 7.16. The molecule has 1 aliphatic rings. The molecule has 1 saturated heterocycles. The van der Waals surface area contributed by atoms with E-state index in [2.05, 4.69) is 20.1 Å². The Morgan fingerprint density at radius 3 is 2.62 bits per heavy atom. The highest BCUT2D eigenvalue weighted by Gasteiger charge is 2.34. The Morgan fingerprint density at radius 2 is 1.84 bits per heavy atom. The maximum Gasteiger partial charge on any atom is 0.262 e. The maximum absolute atomic E-state index is 12.8. The van der Waals surface area contributed by atoms with Crippen LogP contribution in [-0.4, -0.2) is 57.2 Å². The van der Waals surface area contributed by atoms with Gasteiger partial charge in [-0.15, -0.1) is 0 Å². The van der Waals surface area contributed by atoms with Crippen molar-refractivity contribution in [2.24, 2.45) is 0 Å². The summed E-state index contributed by atoms with van der Waals surface area (Å²) in [7, 11) is 1.55. The quantitative estimate of drug-likeness (QED) is 0.461. The van der Waals surface area contributed by atoms with Gasteiger partial charge in [0, 0.05) is 12.4 Å². The minimum absolute atomic E-state index is 0.0823. The molecule has 0 N–H and O–H groups in total. The summed E-state index contributed by atoms with van der Waals surface area (Å²) >= 11 is 0. The van der Waals surface area contributed by atoms with Crippen molar-refractivity contribution in [2.45, 2.75) is 6.10 Å². The summed E-state index contributed by atoms with van der Waals surface area (Å²) in [6.45, 7) is 0.944. The van der Waals surface area contributed by atoms with Crippen LogP contribution in [0.5, 0.6) is 11.5 Å². The molecule has 0 saturated carbocycles. The summed E-state index contributed by atoms with van der Waals surface area (Å²) in [6, 6.07) is 14.6. The number of rotatable bonds is 6. The topological polar surface area (TPSA) is 103 Å². The zero-order chi connectivity index (χ0) is 21.9. The zero-order valence-corrected chi connectivity index (χ0v) is 17.2. The van der Waals surface area contributed by atoms with E-state index in [4.69, 9.17) is 14.0 Å². The van der Waals surface area contributed by atoms with Crippen molar-refractivity contribution in [1.82, 2.24) is 25.0 Å². The minimum atomic E-state index is -0.141. The smallest absolute Gasteiger partial charge is 0.262 e. The molecule has 0 radical (unpaired) electrons. The highest BCUT2D eigenvalue weighted by atomic mass is 16.5. The summed E-state index contributed by atoms with van der Waals surface area (Å²) in [5.41, 5.74) is 1.73. The first-order chi connectivity index (χ1) is 15.7. The summed E-state index contributed by atoms with van der Waals surface area (Å²) in [4.78, 5) is 27.1. The van der Waals surface area contributed by atoms with Crippen LogP contribution in [0.2, 0.25) is 0 Å². The van der Waals surface area contributed by atoms with Crippen LogP contribution in [0.15, 0.2) is 71.6 Å². The van der Waals surface area contributed by atoms with Crippen molar-refractivity contribution in [3.05, 3.63) is 72.7 Å². The van der Waals surface area contributed by atoms with E-state index >= 15 is 0 Å². The van der Waals surface area contributed by atoms with Gasteiger partial charge in [-0.05, 0) is 24.3 Å². The lowest BCUT2D eigenvalue weighted by Crippen LogP contribution is -2.56. The molecule has 0 bridgehead atoms. The van der Waals surface area contributed by atoms with Crippen LogP contribution in [0.4, 0.5) is 0 Å². The number of carbonyl (C=O) groups is 1. The molecule has 1 fully saturated rings. The molecule has 160 valence electrons. The normalized spacial score (nSPS) is 13.5. The molecular formula is C23H19N5O4. The third kappa shape index (κ3) is 3.76. The van der Waals surface area contributed by atoms with Crippen molar-refractivity contribution in [1.29, 1.82) is 0 Å². The molecule has 2 aromatic carbocycles. The molecular weight excluding hydrogens is 410 g/mol. The number of likely N-dealkylation sites (tertiary alicyclic amines) is 1. The predicted octanol–water partition coefficient (Wildman–Crippen LogP) is 3.11. The summed E-state index contributed by atoms with van der Waals surface area (Å²) in [6.07, 6.45) is 4.57. The van der Waals surface area contributed by atoms with Crippen molar-refractivity contribution >= 4 is 5.91 Å². The number of ether oxygens (including phenoxy) is 2. The number of hydrogen-bond acceptors (Lipinski definition) is 8. The van der Waals surface area contributed by atoms with Gasteiger partial charge in [0.1, 0.15) is 23.3 Å². The van der Waals surface area contributed by atoms with Gasteiger partial charge in [-0.25, -0.2) is 4.98 Å². The maximum atomic E-state index is 12.8. The van der Waals surface area contributed by atoms with Gasteiger partial charge in [-0.3, -0.25) is 9.78 Å². The summed E-state index contributed by atoms with van der Waals surface area (Å²) in [5, 5.41) is 3.99. The Morgan fingerprint density at radius 1 is 1.06 bits per heavy atom. The molecule has 32 heavy (non-hydrogen) atoms. The molecule has 0 atom stereocenters. The van der Waals surface area contributed by atoms with Crippen LogP contribution in [0, 0.1) is 0 Å². The lowest BCUT2D eigenvalue weighted by atomic mass is 10.1. The minimum Gasteiger partial charge on any atom is -0.496 e. The number of methoxy groups -OCH3 is 1.